The van der Waals surface area contributed by atoms with E-state index in [0.29, 0.717) is 0 Å². The van der Waals surface area contributed by atoms with Crippen molar-refractivity contribution in [3.05, 3.63) is 52.4 Å². The SMILES string of the molecule is Cc1noc(C)c1CN1CCC(NC(=O)c2cc(F)ccc2F)CC1. The monoisotopic (exact) mass is 349 g/mol. The van der Waals surface area contributed by atoms with Crippen LogP contribution in [0.2, 0.25) is 0 Å². The molecule has 0 radical (unpaired) electrons. The van der Waals surface area contributed by atoms with Gasteiger partial charge in [0.2, 0.25) is 0 Å². The van der Waals surface area contributed by atoms with Crippen molar-refractivity contribution in [1.82, 2.24) is 15.4 Å². The van der Waals surface area contributed by atoms with Gasteiger partial charge in [-0.1, -0.05) is 5.16 Å². The first-order chi connectivity index (χ1) is 11.9. The maximum atomic E-state index is 13.7. The van der Waals surface area contributed by atoms with Crippen LogP contribution < -0.4 is 5.32 Å². The lowest BCUT2D eigenvalue weighted by atomic mass is 10.0. The number of amides is 1. The highest BCUT2D eigenvalue weighted by atomic mass is 19.1. The van der Waals surface area contributed by atoms with E-state index >= 15 is 0 Å². The third-order valence-corrected chi connectivity index (χ3v) is 4.66. The molecule has 1 saturated heterocycles. The van der Waals surface area contributed by atoms with E-state index in [1.807, 2.05) is 13.8 Å². The highest BCUT2D eigenvalue weighted by molar-refractivity contribution is 5.94. The summed E-state index contributed by atoms with van der Waals surface area (Å²) < 4.78 is 32.1. The molecular formula is C18H21F2N3O2. The third-order valence-electron chi connectivity index (χ3n) is 4.66. The zero-order valence-electron chi connectivity index (χ0n) is 14.3. The normalized spacial score (nSPS) is 16.2. The zero-order chi connectivity index (χ0) is 18.0. The second-order valence-electron chi connectivity index (χ2n) is 6.45. The van der Waals surface area contributed by atoms with Crippen molar-refractivity contribution in [2.24, 2.45) is 0 Å². The lowest BCUT2D eigenvalue weighted by Crippen LogP contribution is -2.44. The van der Waals surface area contributed by atoms with Crippen LogP contribution in [0.3, 0.4) is 0 Å². The number of aryl methyl sites for hydroxylation is 2. The minimum Gasteiger partial charge on any atom is -0.361 e. The van der Waals surface area contributed by atoms with Gasteiger partial charge in [0.15, 0.2) is 0 Å². The van der Waals surface area contributed by atoms with Crippen molar-refractivity contribution in [3.8, 4) is 0 Å². The summed E-state index contributed by atoms with van der Waals surface area (Å²) >= 11 is 0. The van der Waals surface area contributed by atoms with E-state index in [1.165, 1.54) is 0 Å². The number of nitrogens with zero attached hydrogens (tertiary/aromatic N) is 2. The summed E-state index contributed by atoms with van der Waals surface area (Å²) in [6, 6.07) is 2.85. The molecule has 0 aliphatic carbocycles. The predicted molar refractivity (Wildman–Crippen MR) is 88.1 cm³/mol. The van der Waals surface area contributed by atoms with Gasteiger partial charge < -0.3 is 9.84 Å². The zero-order valence-corrected chi connectivity index (χ0v) is 14.3. The van der Waals surface area contributed by atoms with E-state index in [4.69, 9.17) is 4.52 Å². The molecule has 1 fully saturated rings. The third kappa shape index (κ3) is 4.04. The highest BCUT2D eigenvalue weighted by Crippen LogP contribution is 2.19. The smallest absolute Gasteiger partial charge is 0.254 e. The fraction of sp³-hybridized carbons (Fsp3) is 0.444. The van der Waals surface area contributed by atoms with Gasteiger partial charge in [0.1, 0.15) is 17.4 Å². The number of halogens is 2. The number of benzene rings is 1. The number of carbonyl (C=O) groups is 1. The molecule has 7 heteroatoms. The Hall–Kier alpha value is -2.28. The molecule has 1 aliphatic heterocycles. The van der Waals surface area contributed by atoms with Gasteiger partial charge in [-0.05, 0) is 44.9 Å². The van der Waals surface area contributed by atoms with E-state index in [0.717, 1.165) is 67.7 Å². The summed E-state index contributed by atoms with van der Waals surface area (Å²) in [5.74, 6) is -1.08. The lowest BCUT2D eigenvalue weighted by Gasteiger charge is -2.32. The number of hydrogen-bond donors (Lipinski definition) is 1. The number of piperidine rings is 1. The summed E-state index contributed by atoms with van der Waals surface area (Å²) in [7, 11) is 0. The average Bonchev–Trinajstić information content (AvgIpc) is 2.90. The first kappa shape index (κ1) is 17.5. The van der Waals surface area contributed by atoms with Crippen LogP contribution in [0.25, 0.3) is 0 Å². The van der Waals surface area contributed by atoms with Crippen LogP contribution in [0.5, 0.6) is 0 Å². The van der Waals surface area contributed by atoms with E-state index in [2.05, 4.69) is 15.4 Å². The first-order valence-electron chi connectivity index (χ1n) is 8.34. The van der Waals surface area contributed by atoms with E-state index in [9.17, 15) is 13.6 Å². The Morgan fingerprint density at radius 2 is 2.04 bits per heavy atom. The molecule has 0 spiro atoms. The summed E-state index contributed by atoms with van der Waals surface area (Å²) in [5, 5.41) is 6.76. The Bertz CT molecular complexity index is 748. The summed E-state index contributed by atoms with van der Waals surface area (Å²) in [4.78, 5) is 14.4. The number of carbonyl (C=O) groups excluding carboxylic acids is 1. The van der Waals surface area contributed by atoms with Gasteiger partial charge >= 0.3 is 0 Å². The van der Waals surface area contributed by atoms with Crippen LogP contribution in [0.1, 0.15) is 40.2 Å². The molecule has 1 aromatic heterocycles. The Kier molecular flexibility index (Phi) is 5.13. The van der Waals surface area contributed by atoms with Crippen LogP contribution >= 0.6 is 0 Å². The van der Waals surface area contributed by atoms with Crippen LogP contribution in [-0.2, 0) is 6.54 Å². The fourth-order valence-electron chi connectivity index (χ4n) is 3.12. The largest absolute Gasteiger partial charge is 0.361 e. The summed E-state index contributed by atoms with van der Waals surface area (Å²) in [5.41, 5.74) is 1.75. The molecule has 2 aromatic rings. The minimum atomic E-state index is -0.713. The van der Waals surface area contributed by atoms with Crippen molar-refractivity contribution in [2.75, 3.05) is 13.1 Å². The van der Waals surface area contributed by atoms with Crippen LogP contribution in [0.4, 0.5) is 8.78 Å². The van der Waals surface area contributed by atoms with Crippen molar-refractivity contribution < 1.29 is 18.1 Å². The fourth-order valence-corrected chi connectivity index (χ4v) is 3.12. The van der Waals surface area contributed by atoms with Gasteiger partial charge in [-0.15, -0.1) is 0 Å². The molecule has 5 nitrogen and oxygen atoms in total. The van der Waals surface area contributed by atoms with Gasteiger partial charge in [-0.3, -0.25) is 9.69 Å². The van der Waals surface area contributed by atoms with Crippen molar-refractivity contribution in [3.63, 3.8) is 0 Å². The Labute approximate surface area is 145 Å². The van der Waals surface area contributed by atoms with Crippen molar-refractivity contribution in [2.45, 2.75) is 39.3 Å². The number of rotatable bonds is 4. The van der Waals surface area contributed by atoms with E-state index < -0.39 is 17.5 Å². The standard InChI is InChI=1S/C18H21F2N3O2/c1-11-16(12(2)25-22-11)10-23-7-5-14(6-8-23)21-18(24)15-9-13(19)3-4-17(15)20/h3-4,9,14H,5-8,10H2,1-2H3,(H,21,24). The van der Waals surface area contributed by atoms with Gasteiger partial charge in [-0.25, -0.2) is 8.78 Å². The number of likely N-dealkylation sites (tertiary alicyclic amines) is 1. The first-order valence-corrected chi connectivity index (χ1v) is 8.34. The number of nitrogens with one attached hydrogen (secondary N) is 1. The summed E-state index contributed by atoms with van der Waals surface area (Å²) in [6.07, 6.45) is 1.51. The summed E-state index contributed by atoms with van der Waals surface area (Å²) in [6.45, 7) is 6.20. The molecule has 2 heterocycles. The van der Waals surface area contributed by atoms with Gasteiger partial charge in [0.25, 0.3) is 5.91 Å². The molecule has 1 aromatic carbocycles. The Morgan fingerprint density at radius 1 is 1.32 bits per heavy atom. The maximum absolute atomic E-state index is 13.7. The Morgan fingerprint density at radius 3 is 2.68 bits per heavy atom. The molecular weight excluding hydrogens is 328 g/mol. The molecule has 1 amide bonds. The van der Waals surface area contributed by atoms with Gasteiger partial charge in [0, 0.05) is 31.2 Å². The second-order valence-corrected chi connectivity index (χ2v) is 6.45. The van der Waals surface area contributed by atoms with Crippen molar-refractivity contribution in [1.29, 1.82) is 0 Å². The highest BCUT2D eigenvalue weighted by Gasteiger charge is 2.24. The number of hydrogen-bond acceptors (Lipinski definition) is 4. The molecule has 0 unspecified atom stereocenters. The van der Waals surface area contributed by atoms with Crippen LogP contribution in [0, 0.1) is 25.5 Å². The molecule has 0 bridgehead atoms. The molecule has 25 heavy (non-hydrogen) atoms. The molecule has 134 valence electrons. The van der Waals surface area contributed by atoms with Gasteiger partial charge in [0.05, 0.1) is 11.3 Å². The topological polar surface area (TPSA) is 58.4 Å². The molecule has 1 aliphatic rings. The molecule has 1 N–H and O–H groups in total. The van der Waals surface area contributed by atoms with Crippen LogP contribution in [-0.4, -0.2) is 35.1 Å². The van der Waals surface area contributed by atoms with Gasteiger partial charge in [-0.2, -0.15) is 0 Å². The van der Waals surface area contributed by atoms with E-state index in [-0.39, 0.29) is 11.6 Å². The Balaban J connectivity index is 1.54. The molecule has 3 rings (SSSR count). The number of aromatic nitrogens is 1. The molecule has 0 saturated carbocycles. The lowest BCUT2D eigenvalue weighted by molar-refractivity contribution is 0.0904. The quantitative estimate of drug-likeness (QED) is 0.922. The average molecular weight is 349 g/mol. The van der Waals surface area contributed by atoms with Crippen molar-refractivity contribution >= 4 is 5.91 Å². The molecule has 0 atom stereocenters. The minimum absolute atomic E-state index is 0.0453. The predicted octanol–water partition coefficient (Wildman–Crippen LogP) is 2.96. The maximum Gasteiger partial charge on any atom is 0.254 e. The van der Waals surface area contributed by atoms with Crippen LogP contribution in [0.15, 0.2) is 22.7 Å². The second kappa shape index (κ2) is 7.31. The van der Waals surface area contributed by atoms with E-state index in [1.54, 1.807) is 0 Å².